The van der Waals surface area contributed by atoms with E-state index in [4.69, 9.17) is 8.94 Å². The normalized spacial score (nSPS) is 10.4. The number of benzene rings is 1. The van der Waals surface area contributed by atoms with E-state index in [1.165, 1.54) is 11.2 Å². The molecule has 0 unspecified atom stereocenters. The van der Waals surface area contributed by atoms with Gasteiger partial charge in [0, 0.05) is 24.5 Å². The van der Waals surface area contributed by atoms with Crippen molar-refractivity contribution in [2.45, 2.75) is 13.5 Å². The van der Waals surface area contributed by atoms with E-state index in [-0.39, 0.29) is 17.7 Å². The Labute approximate surface area is 149 Å². The molecule has 0 aliphatic carbocycles. The predicted molar refractivity (Wildman–Crippen MR) is 94.8 cm³/mol. The van der Waals surface area contributed by atoms with Gasteiger partial charge in [-0.2, -0.15) is 0 Å². The Kier molecular flexibility index (Phi) is 5.02. The lowest BCUT2D eigenvalue weighted by molar-refractivity contribution is 0.0996. The van der Waals surface area contributed by atoms with Crippen LogP contribution in [0.3, 0.4) is 0 Å². The van der Waals surface area contributed by atoms with Crippen LogP contribution in [-0.2, 0) is 6.54 Å². The highest BCUT2D eigenvalue weighted by atomic mass is 16.5. The Hall–Kier alpha value is -3.55. The highest BCUT2D eigenvalue weighted by Crippen LogP contribution is 2.15. The Morgan fingerprint density at radius 2 is 1.81 bits per heavy atom. The molecule has 0 aliphatic rings. The first kappa shape index (κ1) is 17.3. The lowest BCUT2D eigenvalue weighted by Crippen LogP contribution is -2.30. The maximum atomic E-state index is 12.2. The van der Waals surface area contributed by atoms with Gasteiger partial charge in [0.05, 0.1) is 12.8 Å². The third-order valence-electron chi connectivity index (χ3n) is 3.56. The van der Waals surface area contributed by atoms with Crippen molar-refractivity contribution in [1.82, 2.24) is 10.1 Å². The van der Waals surface area contributed by atoms with Crippen LogP contribution in [0.5, 0.6) is 0 Å². The molecule has 0 radical (unpaired) electrons. The van der Waals surface area contributed by atoms with E-state index in [0.29, 0.717) is 29.4 Å². The zero-order valence-corrected chi connectivity index (χ0v) is 14.4. The molecule has 3 aromatic rings. The smallest absolute Gasteiger partial charge is 0.321 e. The van der Waals surface area contributed by atoms with Gasteiger partial charge in [-0.1, -0.05) is 5.16 Å². The highest BCUT2D eigenvalue weighted by Gasteiger charge is 2.12. The summed E-state index contributed by atoms with van der Waals surface area (Å²) in [4.78, 5) is 25.6. The summed E-state index contributed by atoms with van der Waals surface area (Å²) in [7, 11) is 1.66. The van der Waals surface area contributed by atoms with E-state index in [2.05, 4.69) is 15.8 Å². The Balaban J connectivity index is 1.54. The van der Waals surface area contributed by atoms with E-state index >= 15 is 0 Å². The third kappa shape index (κ3) is 4.29. The number of nitrogens with one attached hydrogen (secondary N) is 2. The number of furan rings is 1. The monoisotopic (exact) mass is 354 g/mol. The van der Waals surface area contributed by atoms with E-state index in [0.717, 1.165) is 0 Å². The minimum atomic E-state index is -0.338. The first-order valence-electron chi connectivity index (χ1n) is 7.90. The summed E-state index contributed by atoms with van der Waals surface area (Å²) in [6, 6.07) is 11.5. The van der Waals surface area contributed by atoms with Crippen molar-refractivity contribution in [1.29, 1.82) is 0 Å². The van der Waals surface area contributed by atoms with Crippen LogP contribution in [0.25, 0.3) is 0 Å². The van der Waals surface area contributed by atoms with Crippen LogP contribution in [0, 0.1) is 6.92 Å². The number of carbonyl (C=O) groups is 2. The van der Waals surface area contributed by atoms with Gasteiger partial charge in [-0.25, -0.2) is 4.79 Å². The van der Waals surface area contributed by atoms with Crippen LogP contribution < -0.4 is 10.6 Å². The molecule has 0 atom stereocenters. The van der Waals surface area contributed by atoms with E-state index in [1.807, 2.05) is 0 Å². The molecule has 2 aromatic heterocycles. The molecule has 2 heterocycles. The van der Waals surface area contributed by atoms with Crippen LogP contribution in [-0.4, -0.2) is 29.0 Å². The maximum absolute atomic E-state index is 12.2. The molecule has 8 nitrogen and oxygen atoms in total. The molecule has 0 aliphatic heterocycles. The van der Waals surface area contributed by atoms with Gasteiger partial charge in [-0.05, 0) is 43.3 Å². The van der Waals surface area contributed by atoms with Gasteiger partial charge in [-0.15, -0.1) is 0 Å². The fourth-order valence-corrected chi connectivity index (χ4v) is 2.26. The van der Waals surface area contributed by atoms with Crippen molar-refractivity contribution in [3.8, 4) is 0 Å². The lowest BCUT2D eigenvalue weighted by atomic mass is 10.2. The minimum Gasteiger partial charge on any atom is -0.459 e. The molecule has 0 spiro atoms. The van der Waals surface area contributed by atoms with Crippen molar-refractivity contribution in [2.75, 3.05) is 17.7 Å². The molecule has 0 fully saturated rings. The number of hydrogen-bond acceptors (Lipinski definition) is 5. The summed E-state index contributed by atoms with van der Waals surface area (Å²) in [6.45, 7) is 2.13. The van der Waals surface area contributed by atoms with Crippen LogP contribution in [0.4, 0.5) is 16.2 Å². The Morgan fingerprint density at radius 3 is 2.38 bits per heavy atom. The van der Waals surface area contributed by atoms with Crippen molar-refractivity contribution in [3.05, 3.63) is 65.9 Å². The van der Waals surface area contributed by atoms with Gasteiger partial charge in [0.1, 0.15) is 11.5 Å². The van der Waals surface area contributed by atoms with Crippen molar-refractivity contribution in [2.24, 2.45) is 0 Å². The van der Waals surface area contributed by atoms with Gasteiger partial charge in [0.2, 0.25) is 0 Å². The van der Waals surface area contributed by atoms with Crippen LogP contribution in [0.15, 0.2) is 57.7 Å². The largest absolute Gasteiger partial charge is 0.459 e. The van der Waals surface area contributed by atoms with E-state index < -0.39 is 0 Å². The number of aromatic nitrogens is 1. The summed E-state index contributed by atoms with van der Waals surface area (Å²) in [5.74, 6) is 0.586. The van der Waals surface area contributed by atoms with Crippen molar-refractivity contribution in [3.63, 3.8) is 0 Å². The second-order valence-electron chi connectivity index (χ2n) is 5.72. The number of nitrogens with zero attached hydrogens (tertiary/aromatic N) is 2. The molecule has 1 aromatic carbocycles. The summed E-state index contributed by atoms with van der Waals surface area (Å²) in [5.41, 5.74) is 1.88. The molecule has 134 valence electrons. The summed E-state index contributed by atoms with van der Waals surface area (Å²) < 4.78 is 10.0. The average molecular weight is 354 g/mol. The van der Waals surface area contributed by atoms with E-state index in [1.54, 1.807) is 56.4 Å². The van der Waals surface area contributed by atoms with Gasteiger partial charge >= 0.3 is 6.03 Å². The quantitative estimate of drug-likeness (QED) is 0.730. The molecular weight excluding hydrogens is 336 g/mol. The third-order valence-corrected chi connectivity index (χ3v) is 3.56. The van der Waals surface area contributed by atoms with Gasteiger partial charge in [-0.3, -0.25) is 4.79 Å². The van der Waals surface area contributed by atoms with Gasteiger partial charge < -0.3 is 24.5 Å². The number of rotatable bonds is 5. The standard InChI is InChI=1S/C18H18N4O4/c1-12-10-15(21-26-12)11-22(2)18(24)20-14-7-5-13(6-8-14)19-17(23)16-4-3-9-25-16/h3-10H,11H2,1-2H3,(H,19,23)(H,20,24). The molecule has 0 saturated carbocycles. The molecule has 0 bridgehead atoms. The second-order valence-corrected chi connectivity index (χ2v) is 5.72. The summed E-state index contributed by atoms with van der Waals surface area (Å²) in [5, 5.41) is 9.34. The SMILES string of the molecule is Cc1cc(CN(C)C(=O)Nc2ccc(NC(=O)c3ccco3)cc2)no1. The van der Waals surface area contributed by atoms with Gasteiger partial charge in [0.25, 0.3) is 5.91 Å². The zero-order valence-electron chi connectivity index (χ0n) is 14.4. The van der Waals surface area contributed by atoms with Crippen LogP contribution in [0.2, 0.25) is 0 Å². The molecule has 8 heteroatoms. The minimum absolute atomic E-state index is 0.229. The van der Waals surface area contributed by atoms with Crippen molar-refractivity contribution >= 4 is 23.3 Å². The topological polar surface area (TPSA) is 101 Å². The molecule has 0 saturated heterocycles. The Bertz CT molecular complexity index is 884. The number of amides is 3. The predicted octanol–water partition coefficient (Wildman–Crippen LogP) is 3.49. The summed E-state index contributed by atoms with van der Waals surface area (Å²) in [6.07, 6.45) is 1.43. The zero-order chi connectivity index (χ0) is 18.5. The molecule has 2 N–H and O–H groups in total. The number of anilines is 2. The summed E-state index contributed by atoms with van der Waals surface area (Å²) >= 11 is 0. The molecule has 3 amide bonds. The molecular formula is C18H18N4O4. The molecule has 3 rings (SSSR count). The first-order chi connectivity index (χ1) is 12.5. The van der Waals surface area contributed by atoms with E-state index in [9.17, 15) is 9.59 Å². The fraction of sp³-hybridized carbons (Fsp3) is 0.167. The van der Waals surface area contributed by atoms with Crippen LogP contribution >= 0.6 is 0 Å². The number of urea groups is 1. The van der Waals surface area contributed by atoms with Crippen molar-refractivity contribution < 1.29 is 18.5 Å². The number of aryl methyl sites for hydroxylation is 1. The number of hydrogen-bond donors (Lipinski definition) is 2. The maximum Gasteiger partial charge on any atom is 0.321 e. The fourth-order valence-electron chi connectivity index (χ4n) is 2.26. The van der Waals surface area contributed by atoms with Crippen LogP contribution in [0.1, 0.15) is 22.0 Å². The second kappa shape index (κ2) is 7.56. The lowest BCUT2D eigenvalue weighted by Gasteiger charge is -2.16. The highest BCUT2D eigenvalue weighted by molar-refractivity contribution is 6.02. The van der Waals surface area contributed by atoms with Gasteiger partial charge in [0.15, 0.2) is 5.76 Å². The first-order valence-corrected chi connectivity index (χ1v) is 7.90. The molecule has 26 heavy (non-hydrogen) atoms. The Morgan fingerprint density at radius 1 is 1.12 bits per heavy atom. The number of carbonyl (C=O) groups excluding carboxylic acids is 2. The average Bonchev–Trinajstić information content (AvgIpc) is 3.28.